The number of aromatic nitrogens is 1. The minimum Gasteiger partial charge on any atom is -0.465 e. The van der Waals surface area contributed by atoms with Gasteiger partial charge in [-0.3, -0.25) is 14.7 Å². The molecule has 0 saturated carbocycles. The third kappa shape index (κ3) is 7.29. The van der Waals surface area contributed by atoms with Crippen molar-refractivity contribution in [3.8, 4) is 0 Å². The number of carbonyl (C=O) groups is 3. The molecule has 0 spiro atoms. The summed E-state index contributed by atoms with van der Waals surface area (Å²) in [6, 6.07) is 5.13. The molecule has 3 rings (SSSR count). The molecule has 9 heteroatoms. The second-order valence-electron chi connectivity index (χ2n) is 10.6. The number of amides is 1. The van der Waals surface area contributed by atoms with Gasteiger partial charge in [-0.1, -0.05) is 11.6 Å². The average molecular weight is 530 g/mol. The monoisotopic (exact) mass is 529 g/mol. The van der Waals surface area contributed by atoms with E-state index >= 15 is 0 Å². The number of pyridine rings is 1. The molecule has 0 unspecified atom stereocenters. The molecule has 2 heterocycles. The van der Waals surface area contributed by atoms with Crippen molar-refractivity contribution < 1.29 is 23.9 Å². The number of benzene rings is 1. The number of ketones is 1. The number of aryl methyl sites for hydroxylation is 1. The molecule has 0 aliphatic carbocycles. The second kappa shape index (κ2) is 11.6. The van der Waals surface area contributed by atoms with E-state index in [2.05, 4.69) is 9.88 Å². The summed E-state index contributed by atoms with van der Waals surface area (Å²) in [5.74, 6) is -0.594. The number of Topliss-reactive ketones (excluding diaryl/α,β-unsaturated/α-hetero) is 1. The van der Waals surface area contributed by atoms with Gasteiger partial charge in [0.2, 0.25) is 0 Å². The summed E-state index contributed by atoms with van der Waals surface area (Å²) in [7, 11) is 1.34. The van der Waals surface area contributed by atoms with Crippen molar-refractivity contribution in [2.24, 2.45) is 0 Å². The topological polar surface area (TPSA) is 89.0 Å². The van der Waals surface area contributed by atoms with Crippen molar-refractivity contribution in [3.05, 3.63) is 62.9 Å². The van der Waals surface area contributed by atoms with Crippen LogP contribution in [0.5, 0.6) is 0 Å². The van der Waals surface area contributed by atoms with E-state index in [1.807, 2.05) is 40.7 Å². The Balaban J connectivity index is 1.81. The number of rotatable bonds is 6. The summed E-state index contributed by atoms with van der Waals surface area (Å²) < 4.78 is 10.5. The van der Waals surface area contributed by atoms with Crippen molar-refractivity contribution in [1.82, 2.24) is 14.8 Å². The molecular weight excluding hydrogens is 494 g/mol. The first-order valence-corrected chi connectivity index (χ1v) is 12.7. The lowest BCUT2D eigenvalue weighted by atomic mass is 9.93. The number of hydrogen-bond acceptors (Lipinski definition) is 7. The van der Waals surface area contributed by atoms with Crippen LogP contribution < -0.4 is 0 Å². The summed E-state index contributed by atoms with van der Waals surface area (Å²) in [5.41, 5.74) is 3.55. The summed E-state index contributed by atoms with van der Waals surface area (Å²) >= 11 is 6.17. The number of carbonyl (C=O) groups excluding carboxylic acids is 3. The van der Waals surface area contributed by atoms with Crippen LogP contribution in [0, 0.1) is 13.8 Å². The summed E-state index contributed by atoms with van der Waals surface area (Å²) in [6.07, 6.45) is 1.32. The molecule has 1 aromatic heterocycles. The molecule has 0 radical (unpaired) electrons. The van der Waals surface area contributed by atoms with Gasteiger partial charge in [-0.15, -0.1) is 0 Å². The van der Waals surface area contributed by atoms with Gasteiger partial charge in [0.1, 0.15) is 5.60 Å². The quantitative estimate of drug-likeness (QED) is 0.384. The van der Waals surface area contributed by atoms with Crippen LogP contribution in [0.1, 0.15) is 70.8 Å². The number of piperazine rings is 1. The van der Waals surface area contributed by atoms with Crippen LogP contribution in [-0.2, 0) is 22.4 Å². The van der Waals surface area contributed by atoms with Gasteiger partial charge in [-0.05, 0) is 76.4 Å². The van der Waals surface area contributed by atoms with E-state index in [-0.39, 0.29) is 24.3 Å². The van der Waals surface area contributed by atoms with Crippen molar-refractivity contribution in [2.45, 2.75) is 66.2 Å². The van der Waals surface area contributed by atoms with Crippen molar-refractivity contribution in [2.75, 3.05) is 26.7 Å². The lowest BCUT2D eigenvalue weighted by Gasteiger charge is -2.40. The number of methoxy groups -OCH3 is 1. The third-order valence-corrected chi connectivity index (χ3v) is 6.86. The lowest BCUT2D eigenvalue weighted by Crippen LogP contribution is -2.54. The first-order chi connectivity index (χ1) is 17.3. The van der Waals surface area contributed by atoms with Gasteiger partial charge in [-0.2, -0.15) is 0 Å². The SMILES string of the molecule is COC(=O)c1cc(CC(=O)c2cnc(C)c(Cl)c2)c(C)c(CN2CCN(C(=O)OC(C)(C)C)[C@@H](C)C2)c1. The molecule has 0 bridgehead atoms. The molecule has 0 N–H and O–H groups in total. The zero-order valence-corrected chi connectivity index (χ0v) is 23.4. The number of esters is 1. The molecule has 8 nitrogen and oxygen atoms in total. The molecule has 2 aromatic rings. The Hall–Kier alpha value is -2.97. The van der Waals surface area contributed by atoms with E-state index in [1.165, 1.54) is 13.3 Å². The average Bonchev–Trinajstić information content (AvgIpc) is 2.81. The van der Waals surface area contributed by atoms with E-state index in [1.54, 1.807) is 24.0 Å². The van der Waals surface area contributed by atoms with Gasteiger partial charge in [0.15, 0.2) is 5.78 Å². The maximum absolute atomic E-state index is 13.0. The van der Waals surface area contributed by atoms with E-state index in [0.29, 0.717) is 48.0 Å². The fourth-order valence-electron chi connectivity index (χ4n) is 4.37. The van der Waals surface area contributed by atoms with Gasteiger partial charge in [0, 0.05) is 50.4 Å². The fourth-order valence-corrected chi connectivity index (χ4v) is 4.53. The van der Waals surface area contributed by atoms with Gasteiger partial charge in [0.05, 0.1) is 23.4 Å². The molecular formula is C28H36ClN3O5. The van der Waals surface area contributed by atoms with E-state index in [9.17, 15) is 14.4 Å². The van der Waals surface area contributed by atoms with Crippen LogP contribution in [0.25, 0.3) is 0 Å². The van der Waals surface area contributed by atoms with E-state index in [0.717, 1.165) is 16.7 Å². The van der Waals surface area contributed by atoms with Gasteiger partial charge in [-0.25, -0.2) is 9.59 Å². The Bertz CT molecular complexity index is 1190. The first kappa shape index (κ1) is 28.6. The largest absolute Gasteiger partial charge is 0.465 e. The predicted octanol–water partition coefficient (Wildman–Crippen LogP) is 5.01. The maximum atomic E-state index is 13.0. The van der Waals surface area contributed by atoms with Gasteiger partial charge < -0.3 is 14.4 Å². The van der Waals surface area contributed by atoms with Gasteiger partial charge in [0.25, 0.3) is 0 Å². The molecule has 1 aromatic carbocycles. The van der Waals surface area contributed by atoms with Crippen molar-refractivity contribution in [1.29, 1.82) is 0 Å². The zero-order chi connectivity index (χ0) is 27.5. The minimum atomic E-state index is -0.548. The lowest BCUT2D eigenvalue weighted by molar-refractivity contribution is 0.000499. The summed E-state index contributed by atoms with van der Waals surface area (Å²) in [6.45, 7) is 13.7. The van der Waals surface area contributed by atoms with Crippen LogP contribution in [0.2, 0.25) is 5.02 Å². The first-order valence-electron chi connectivity index (χ1n) is 12.4. The van der Waals surface area contributed by atoms with Crippen LogP contribution in [0.4, 0.5) is 4.79 Å². The molecule has 1 saturated heterocycles. The van der Waals surface area contributed by atoms with Gasteiger partial charge >= 0.3 is 12.1 Å². The molecule has 1 fully saturated rings. The molecule has 1 amide bonds. The Morgan fingerprint density at radius 2 is 1.76 bits per heavy atom. The zero-order valence-electron chi connectivity index (χ0n) is 22.7. The maximum Gasteiger partial charge on any atom is 0.410 e. The van der Waals surface area contributed by atoms with Crippen LogP contribution in [-0.4, -0.2) is 71.0 Å². The number of nitrogens with zero attached hydrogens (tertiary/aromatic N) is 3. The van der Waals surface area contributed by atoms with Crippen molar-refractivity contribution in [3.63, 3.8) is 0 Å². The molecule has 200 valence electrons. The third-order valence-electron chi connectivity index (χ3n) is 6.48. The Kier molecular flexibility index (Phi) is 8.97. The summed E-state index contributed by atoms with van der Waals surface area (Å²) in [5, 5.41) is 0.436. The smallest absolute Gasteiger partial charge is 0.410 e. The molecule has 1 atom stereocenters. The normalized spacial score (nSPS) is 16.4. The fraction of sp³-hybridized carbons (Fsp3) is 0.500. The predicted molar refractivity (Wildman–Crippen MR) is 142 cm³/mol. The number of hydrogen-bond donors (Lipinski definition) is 0. The minimum absolute atomic E-state index is 0.0347. The Morgan fingerprint density at radius 1 is 1.08 bits per heavy atom. The van der Waals surface area contributed by atoms with E-state index < -0.39 is 11.6 Å². The van der Waals surface area contributed by atoms with Crippen molar-refractivity contribution >= 4 is 29.4 Å². The highest BCUT2D eigenvalue weighted by Gasteiger charge is 2.31. The van der Waals surface area contributed by atoms with Crippen LogP contribution >= 0.6 is 11.6 Å². The van der Waals surface area contributed by atoms with E-state index in [4.69, 9.17) is 21.1 Å². The highest BCUT2D eigenvalue weighted by atomic mass is 35.5. The van der Waals surface area contributed by atoms with Crippen LogP contribution in [0.3, 0.4) is 0 Å². The number of halogens is 1. The summed E-state index contributed by atoms with van der Waals surface area (Å²) in [4.78, 5) is 46.3. The standard InChI is InChI=1S/C28H36ClN3O5/c1-17-15-31(8-9-32(17)27(35)37-28(4,5)6)16-23-11-21(26(34)36-7)10-20(18(23)2)13-25(33)22-12-24(29)19(3)30-14-22/h10-12,14,17H,8-9,13,15-16H2,1-7H3/t17-/m0/s1. The second-order valence-corrected chi connectivity index (χ2v) is 11.0. The Labute approximate surface area is 223 Å². The van der Waals surface area contributed by atoms with Crippen LogP contribution in [0.15, 0.2) is 24.4 Å². The molecule has 1 aliphatic heterocycles. The molecule has 37 heavy (non-hydrogen) atoms. The molecule has 1 aliphatic rings. The highest BCUT2D eigenvalue weighted by Crippen LogP contribution is 2.24. The Morgan fingerprint density at radius 3 is 2.35 bits per heavy atom. The number of ether oxygens (including phenoxy) is 2. The highest BCUT2D eigenvalue weighted by molar-refractivity contribution is 6.31.